The van der Waals surface area contributed by atoms with Gasteiger partial charge in [0, 0.05) is 6.92 Å². The minimum Gasteiger partial charge on any atom is -0.497 e. The molecule has 0 radical (unpaired) electrons. The molecule has 5 heteroatoms. The molecule has 1 atom stereocenters. The van der Waals surface area contributed by atoms with Gasteiger partial charge in [-0.05, 0) is 24.6 Å². The van der Waals surface area contributed by atoms with Crippen molar-refractivity contribution in [2.45, 2.75) is 19.4 Å². The third-order valence-electron chi connectivity index (χ3n) is 2.52. The van der Waals surface area contributed by atoms with Gasteiger partial charge in [-0.1, -0.05) is 12.1 Å². The number of carboxylic acid groups (broad SMARTS) is 1. The first kappa shape index (κ1) is 13.0. The molecule has 5 nitrogen and oxygen atoms in total. The number of carbonyl (C=O) groups excluding carboxylic acids is 1. The highest BCUT2D eigenvalue weighted by atomic mass is 16.5. The highest BCUT2D eigenvalue weighted by molar-refractivity contribution is 5.86. The van der Waals surface area contributed by atoms with Crippen LogP contribution in [0, 0.1) is 0 Å². The van der Waals surface area contributed by atoms with E-state index in [0.717, 1.165) is 0 Å². The van der Waals surface area contributed by atoms with E-state index in [4.69, 9.17) is 4.74 Å². The Kier molecular flexibility index (Phi) is 3.73. The first-order valence-corrected chi connectivity index (χ1v) is 5.07. The molecule has 0 saturated heterocycles. The summed E-state index contributed by atoms with van der Waals surface area (Å²) in [4.78, 5) is 22.3. The van der Waals surface area contributed by atoms with Gasteiger partial charge in [0.2, 0.25) is 5.91 Å². The number of aliphatic carboxylic acids is 1. The maximum atomic E-state index is 11.3. The monoisotopic (exact) mass is 237 g/mol. The van der Waals surface area contributed by atoms with E-state index in [1.807, 2.05) is 0 Å². The van der Waals surface area contributed by atoms with Crippen LogP contribution in [-0.4, -0.2) is 24.1 Å². The van der Waals surface area contributed by atoms with Crippen molar-refractivity contribution in [3.8, 4) is 5.75 Å². The highest BCUT2D eigenvalue weighted by Crippen LogP contribution is 2.23. The number of benzene rings is 1. The number of hydrogen-bond acceptors (Lipinski definition) is 3. The number of amides is 1. The summed E-state index contributed by atoms with van der Waals surface area (Å²) in [5, 5.41) is 11.6. The molecule has 92 valence electrons. The Morgan fingerprint density at radius 1 is 1.29 bits per heavy atom. The van der Waals surface area contributed by atoms with Crippen LogP contribution in [-0.2, 0) is 15.1 Å². The zero-order valence-corrected chi connectivity index (χ0v) is 9.98. The Bertz CT molecular complexity index is 427. The summed E-state index contributed by atoms with van der Waals surface area (Å²) < 4.78 is 4.99. The second-order valence-corrected chi connectivity index (χ2v) is 3.84. The lowest BCUT2D eigenvalue weighted by Gasteiger charge is -2.26. The van der Waals surface area contributed by atoms with Crippen LogP contribution >= 0.6 is 0 Å². The van der Waals surface area contributed by atoms with Gasteiger partial charge in [-0.3, -0.25) is 4.79 Å². The largest absolute Gasteiger partial charge is 0.497 e. The van der Waals surface area contributed by atoms with E-state index in [1.165, 1.54) is 21.0 Å². The Morgan fingerprint density at radius 3 is 2.18 bits per heavy atom. The van der Waals surface area contributed by atoms with E-state index in [-0.39, 0.29) is 0 Å². The van der Waals surface area contributed by atoms with Crippen LogP contribution in [0.5, 0.6) is 5.75 Å². The topological polar surface area (TPSA) is 75.6 Å². The predicted molar refractivity (Wildman–Crippen MR) is 61.8 cm³/mol. The average Bonchev–Trinajstić information content (AvgIpc) is 2.28. The van der Waals surface area contributed by atoms with Gasteiger partial charge in [-0.15, -0.1) is 0 Å². The van der Waals surface area contributed by atoms with Crippen molar-refractivity contribution in [1.82, 2.24) is 5.32 Å². The number of carbonyl (C=O) groups is 2. The molecule has 0 fully saturated rings. The molecule has 0 spiro atoms. The Labute approximate surface area is 99.4 Å². The fraction of sp³-hybridized carbons (Fsp3) is 0.333. The van der Waals surface area contributed by atoms with Crippen LogP contribution in [0.25, 0.3) is 0 Å². The van der Waals surface area contributed by atoms with Crippen LogP contribution in [0.1, 0.15) is 19.4 Å². The third-order valence-corrected chi connectivity index (χ3v) is 2.52. The molecule has 0 unspecified atom stereocenters. The van der Waals surface area contributed by atoms with Crippen molar-refractivity contribution in [3.05, 3.63) is 29.8 Å². The Hall–Kier alpha value is -2.04. The molecule has 1 aromatic carbocycles. The van der Waals surface area contributed by atoms with Crippen molar-refractivity contribution in [3.63, 3.8) is 0 Å². The predicted octanol–water partition coefficient (Wildman–Crippen LogP) is 1.13. The van der Waals surface area contributed by atoms with Gasteiger partial charge in [0.15, 0.2) is 5.54 Å². The zero-order chi connectivity index (χ0) is 13.1. The Morgan fingerprint density at radius 2 is 1.82 bits per heavy atom. The molecule has 0 heterocycles. The minimum absolute atomic E-state index is 0.397. The van der Waals surface area contributed by atoms with Crippen molar-refractivity contribution in [2.75, 3.05) is 7.11 Å². The number of nitrogens with one attached hydrogen (secondary N) is 1. The van der Waals surface area contributed by atoms with Crippen LogP contribution < -0.4 is 10.1 Å². The maximum Gasteiger partial charge on any atom is 0.333 e. The summed E-state index contributed by atoms with van der Waals surface area (Å²) in [5.74, 6) is -0.882. The molecule has 2 N–H and O–H groups in total. The summed E-state index contributed by atoms with van der Waals surface area (Å²) in [6, 6.07) is 6.53. The quantitative estimate of drug-likeness (QED) is 0.823. The van der Waals surface area contributed by atoms with Gasteiger partial charge in [0.25, 0.3) is 0 Å². The summed E-state index contributed by atoms with van der Waals surface area (Å²) in [6.45, 7) is 2.73. The molecular weight excluding hydrogens is 222 g/mol. The van der Waals surface area contributed by atoms with Crippen molar-refractivity contribution >= 4 is 11.9 Å². The standard InChI is InChI=1S/C12H15NO4/c1-8(14)13-12(2,11(15)16)9-4-6-10(17-3)7-5-9/h4-7H,1-3H3,(H,13,14)(H,15,16)/t12-/m1/s1. The SMILES string of the molecule is COc1ccc([C@@](C)(NC(C)=O)C(=O)O)cc1. The van der Waals surface area contributed by atoms with E-state index in [1.54, 1.807) is 24.3 Å². The second kappa shape index (κ2) is 4.86. The first-order valence-electron chi connectivity index (χ1n) is 5.07. The average molecular weight is 237 g/mol. The zero-order valence-electron chi connectivity index (χ0n) is 9.98. The van der Waals surface area contributed by atoms with Crippen LogP contribution in [0.4, 0.5) is 0 Å². The second-order valence-electron chi connectivity index (χ2n) is 3.84. The molecule has 0 aliphatic carbocycles. The summed E-state index contributed by atoms with van der Waals surface area (Å²) in [6.07, 6.45) is 0. The van der Waals surface area contributed by atoms with Crippen LogP contribution in [0.15, 0.2) is 24.3 Å². The third kappa shape index (κ3) is 2.75. The molecule has 1 rings (SSSR count). The first-order chi connectivity index (χ1) is 7.90. The fourth-order valence-corrected chi connectivity index (χ4v) is 1.53. The van der Waals surface area contributed by atoms with Crippen molar-refractivity contribution < 1.29 is 19.4 Å². The minimum atomic E-state index is -1.43. The summed E-state index contributed by atoms with van der Waals surface area (Å²) in [5.41, 5.74) is -0.945. The number of ether oxygens (including phenoxy) is 1. The van der Waals surface area contributed by atoms with Crippen molar-refractivity contribution in [2.24, 2.45) is 0 Å². The molecule has 0 aromatic heterocycles. The van der Waals surface area contributed by atoms with Gasteiger partial charge in [-0.25, -0.2) is 4.79 Å². The molecule has 17 heavy (non-hydrogen) atoms. The fourth-order valence-electron chi connectivity index (χ4n) is 1.53. The van der Waals surface area contributed by atoms with Gasteiger partial charge in [0.1, 0.15) is 5.75 Å². The van der Waals surface area contributed by atoms with Gasteiger partial charge in [0.05, 0.1) is 7.11 Å². The molecule has 1 amide bonds. The van der Waals surface area contributed by atoms with E-state index in [9.17, 15) is 14.7 Å². The van der Waals surface area contributed by atoms with E-state index >= 15 is 0 Å². The van der Waals surface area contributed by atoms with Crippen molar-refractivity contribution in [1.29, 1.82) is 0 Å². The molecule has 1 aromatic rings. The molecule has 0 aliphatic heterocycles. The highest BCUT2D eigenvalue weighted by Gasteiger charge is 2.35. The number of methoxy groups -OCH3 is 1. The summed E-state index contributed by atoms with van der Waals surface area (Å²) in [7, 11) is 1.53. The number of carboxylic acids is 1. The Balaban J connectivity index is 3.13. The number of rotatable bonds is 4. The van der Waals surface area contributed by atoms with Gasteiger partial charge in [-0.2, -0.15) is 0 Å². The van der Waals surface area contributed by atoms with Gasteiger partial charge < -0.3 is 15.2 Å². The lowest BCUT2D eigenvalue weighted by molar-refractivity contribution is -0.147. The maximum absolute atomic E-state index is 11.3. The number of hydrogen-bond donors (Lipinski definition) is 2. The van der Waals surface area contributed by atoms with Crippen LogP contribution in [0.2, 0.25) is 0 Å². The van der Waals surface area contributed by atoms with E-state index in [2.05, 4.69) is 5.32 Å². The van der Waals surface area contributed by atoms with Gasteiger partial charge >= 0.3 is 5.97 Å². The lowest BCUT2D eigenvalue weighted by Crippen LogP contribution is -2.48. The lowest BCUT2D eigenvalue weighted by atomic mass is 9.92. The molecular formula is C12H15NO4. The summed E-state index contributed by atoms with van der Waals surface area (Å²) >= 11 is 0. The smallest absolute Gasteiger partial charge is 0.333 e. The van der Waals surface area contributed by atoms with E-state index < -0.39 is 17.4 Å². The van der Waals surface area contributed by atoms with Crippen LogP contribution in [0.3, 0.4) is 0 Å². The normalized spacial score (nSPS) is 13.6. The molecule has 0 aliphatic rings. The molecule has 0 saturated carbocycles. The molecule has 0 bridgehead atoms. The van der Waals surface area contributed by atoms with E-state index in [0.29, 0.717) is 11.3 Å².